The number of hydrazone groups is 1. The highest BCUT2D eigenvalue weighted by Crippen LogP contribution is 2.18. The number of rotatable bonds is 7. The molecule has 2 aromatic rings. The minimum absolute atomic E-state index is 0.0351. The summed E-state index contributed by atoms with van der Waals surface area (Å²) in [5, 5.41) is 4.15. The van der Waals surface area contributed by atoms with Crippen LogP contribution in [0.3, 0.4) is 0 Å². The monoisotopic (exact) mass is 458 g/mol. The molecule has 0 saturated carbocycles. The number of alkyl halides is 1. The van der Waals surface area contributed by atoms with Gasteiger partial charge in [0.15, 0.2) is 0 Å². The topological polar surface area (TPSA) is 82.1 Å². The van der Waals surface area contributed by atoms with E-state index in [1.54, 1.807) is 11.0 Å². The molecule has 9 heteroatoms. The van der Waals surface area contributed by atoms with Crippen LogP contribution in [0.5, 0.6) is 0 Å². The van der Waals surface area contributed by atoms with Crippen molar-refractivity contribution in [3.05, 3.63) is 70.5 Å². The van der Waals surface area contributed by atoms with Gasteiger partial charge in [-0.2, -0.15) is 5.10 Å². The maximum atomic E-state index is 14.5. The number of aryl methyl sites for hydroxylation is 1. The third-order valence-electron chi connectivity index (χ3n) is 5.37. The first kappa shape index (κ1) is 23.4. The van der Waals surface area contributed by atoms with E-state index in [2.05, 4.69) is 10.5 Å². The first-order valence-electron chi connectivity index (χ1n) is 10.2. The molecule has 1 fully saturated rings. The molecular weight excluding hydrogens is 435 g/mol. The highest BCUT2D eigenvalue weighted by molar-refractivity contribution is 6.27. The molecule has 0 aromatic heterocycles. The lowest BCUT2D eigenvalue weighted by Gasteiger charge is -2.34. The molecule has 3 rings (SSSR count). The maximum Gasteiger partial charge on any atom is 0.256 e. The van der Waals surface area contributed by atoms with Crippen molar-refractivity contribution < 1.29 is 18.8 Å². The van der Waals surface area contributed by atoms with E-state index in [4.69, 9.17) is 11.6 Å². The van der Waals surface area contributed by atoms with Crippen molar-refractivity contribution in [2.45, 2.75) is 13.3 Å². The van der Waals surface area contributed by atoms with Gasteiger partial charge >= 0.3 is 0 Å². The van der Waals surface area contributed by atoms with Gasteiger partial charge in [-0.3, -0.25) is 14.4 Å². The van der Waals surface area contributed by atoms with Crippen LogP contribution < -0.4 is 5.43 Å². The standard InChI is InChI=1S/C23H24ClFN4O3/c1-16-4-2-3-5-18(16)21(27-26-15-30)13-17-6-7-20(25)19(12-17)23(32)29-10-8-28(9-11-29)22(31)14-24/h2-7,12,15H,8-11,13-14H2,1H3,(H,26,30)/b27-21-. The van der Waals surface area contributed by atoms with Crippen LogP contribution in [0.4, 0.5) is 4.39 Å². The zero-order valence-corrected chi connectivity index (χ0v) is 18.4. The van der Waals surface area contributed by atoms with E-state index in [0.29, 0.717) is 50.3 Å². The smallest absolute Gasteiger partial charge is 0.256 e. The summed E-state index contributed by atoms with van der Waals surface area (Å²) < 4.78 is 14.5. The largest absolute Gasteiger partial charge is 0.338 e. The molecule has 1 aliphatic heterocycles. The molecule has 32 heavy (non-hydrogen) atoms. The van der Waals surface area contributed by atoms with Crippen LogP contribution >= 0.6 is 11.6 Å². The first-order chi connectivity index (χ1) is 15.4. The zero-order valence-electron chi connectivity index (χ0n) is 17.7. The van der Waals surface area contributed by atoms with Gasteiger partial charge < -0.3 is 9.80 Å². The van der Waals surface area contributed by atoms with E-state index in [9.17, 15) is 18.8 Å². The Kier molecular flexibility index (Phi) is 7.94. The number of carbonyl (C=O) groups excluding carboxylic acids is 3. The molecule has 1 N–H and O–H groups in total. The number of carbonyl (C=O) groups is 3. The fourth-order valence-corrected chi connectivity index (χ4v) is 3.82. The van der Waals surface area contributed by atoms with E-state index < -0.39 is 11.7 Å². The molecule has 0 bridgehead atoms. The molecule has 0 radical (unpaired) electrons. The Labute approximate surface area is 190 Å². The summed E-state index contributed by atoms with van der Waals surface area (Å²) in [5.41, 5.74) is 5.39. The number of amides is 3. The van der Waals surface area contributed by atoms with Crippen LogP contribution in [0.25, 0.3) is 0 Å². The maximum absolute atomic E-state index is 14.5. The van der Waals surface area contributed by atoms with E-state index in [0.717, 1.165) is 11.1 Å². The lowest BCUT2D eigenvalue weighted by atomic mass is 9.97. The number of benzene rings is 2. The van der Waals surface area contributed by atoms with Gasteiger partial charge in [0.2, 0.25) is 12.3 Å². The lowest BCUT2D eigenvalue weighted by Crippen LogP contribution is -2.51. The molecule has 168 valence electrons. The second-order valence-electron chi connectivity index (χ2n) is 7.42. The molecule has 0 unspecified atom stereocenters. The van der Waals surface area contributed by atoms with Crippen LogP contribution in [0.15, 0.2) is 47.6 Å². The van der Waals surface area contributed by atoms with Crippen molar-refractivity contribution in [3.63, 3.8) is 0 Å². The van der Waals surface area contributed by atoms with Gasteiger partial charge in [-0.25, -0.2) is 9.82 Å². The number of hydrogen-bond acceptors (Lipinski definition) is 4. The highest BCUT2D eigenvalue weighted by atomic mass is 35.5. The van der Waals surface area contributed by atoms with E-state index >= 15 is 0 Å². The predicted octanol–water partition coefficient (Wildman–Crippen LogP) is 2.35. The molecule has 2 aromatic carbocycles. The molecule has 7 nitrogen and oxygen atoms in total. The molecule has 3 amide bonds. The second-order valence-corrected chi connectivity index (χ2v) is 7.69. The molecule has 1 aliphatic rings. The summed E-state index contributed by atoms with van der Waals surface area (Å²) in [4.78, 5) is 38.6. The molecular formula is C23H24ClFN4O3. The summed E-state index contributed by atoms with van der Waals surface area (Å²) in [6.45, 7) is 3.27. The Morgan fingerprint density at radius 2 is 1.78 bits per heavy atom. The SMILES string of the molecule is Cc1ccccc1/C(Cc1ccc(F)c(C(=O)N2CCN(C(=O)CCl)CC2)c1)=N\NC=O. The number of piperazine rings is 1. The lowest BCUT2D eigenvalue weighted by molar-refractivity contribution is -0.129. The van der Waals surface area contributed by atoms with Crippen LogP contribution in [-0.2, 0) is 16.0 Å². The Morgan fingerprint density at radius 1 is 1.09 bits per heavy atom. The molecule has 1 heterocycles. The second kappa shape index (κ2) is 10.9. The van der Waals surface area contributed by atoms with Crippen molar-refractivity contribution in [2.24, 2.45) is 5.10 Å². The minimum Gasteiger partial charge on any atom is -0.338 e. The van der Waals surface area contributed by atoms with Gasteiger partial charge in [-0.15, -0.1) is 11.6 Å². The average Bonchev–Trinajstić information content (AvgIpc) is 2.82. The molecule has 1 saturated heterocycles. The van der Waals surface area contributed by atoms with Gasteiger partial charge in [-0.1, -0.05) is 30.3 Å². The van der Waals surface area contributed by atoms with E-state index in [1.165, 1.54) is 17.0 Å². The van der Waals surface area contributed by atoms with Gasteiger partial charge in [-0.05, 0) is 30.2 Å². The summed E-state index contributed by atoms with van der Waals surface area (Å²) >= 11 is 5.59. The molecule has 0 spiro atoms. The summed E-state index contributed by atoms with van der Waals surface area (Å²) in [6.07, 6.45) is 0.775. The molecule has 0 aliphatic carbocycles. The number of halogens is 2. The normalized spacial score (nSPS) is 14.3. The third-order valence-corrected chi connectivity index (χ3v) is 5.60. The van der Waals surface area contributed by atoms with E-state index in [1.807, 2.05) is 31.2 Å². The third kappa shape index (κ3) is 5.50. The average molecular weight is 459 g/mol. The fraction of sp³-hybridized carbons (Fsp3) is 0.304. The van der Waals surface area contributed by atoms with Crippen LogP contribution in [-0.4, -0.2) is 65.8 Å². The van der Waals surface area contributed by atoms with Crippen molar-refractivity contribution in [3.8, 4) is 0 Å². The summed E-state index contributed by atoms with van der Waals surface area (Å²) in [7, 11) is 0. The Morgan fingerprint density at radius 3 is 2.44 bits per heavy atom. The first-order valence-corrected chi connectivity index (χ1v) is 10.7. The Balaban J connectivity index is 1.80. The van der Waals surface area contributed by atoms with Crippen molar-refractivity contribution in [1.82, 2.24) is 15.2 Å². The van der Waals surface area contributed by atoms with Crippen LogP contribution in [0.1, 0.15) is 27.0 Å². The van der Waals surface area contributed by atoms with Crippen molar-refractivity contribution >= 4 is 35.5 Å². The van der Waals surface area contributed by atoms with Crippen LogP contribution in [0.2, 0.25) is 0 Å². The van der Waals surface area contributed by atoms with Crippen molar-refractivity contribution in [2.75, 3.05) is 32.1 Å². The highest BCUT2D eigenvalue weighted by Gasteiger charge is 2.26. The number of nitrogens with zero attached hydrogens (tertiary/aromatic N) is 3. The Bertz CT molecular complexity index is 1040. The van der Waals surface area contributed by atoms with Gasteiger partial charge in [0.25, 0.3) is 5.91 Å². The zero-order chi connectivity index (χ0) is 23.1. The quantitative estimate of drug-likeness (QED) is 0.299. The van der Waals surface area contributed by atoms with Gasteiger partial charge in [0.1, 0.15) is 11.7 Å². The Hall–Kier alpha value is -3.26. The summed E-state index contributed by atoms with van der Waals surface area (Å²) in [6, 6.07) is 12.0. The van der Waals surface area contributed by atoms with Gasteiger partial charge in [0, 0.05) is 38.2 Å². The molecule has 0 atom stereocenters. The fourth-order valence-electron chi connectivity index (χ4n) is 3.65. The number of hydrogen-bond donors (Lipinski definition) is 1. The predicted molar refractivity (Wildman–Crippen MR) is 120 cm³/mol. The summed E-state index contributed by atoms with van der Waals surface area (Å²) in [5.74, 6) is -1.33. The minimum atomic E-state index is -0.613. The van der Waals surface area contributed by atoms with E-state index in [-0.39, 0.29) is 17.4 Å². The van der Waals surface area contributed by atoms with Crippen LogP contribution in [0, 0.1) is 12.7 Å². The number of nitrogens with one attached hydrogen (secondary N) is 1. The van der Waals surface area contributed by atoms with Crippen molar-refractivity contribution in [1.29, 1.82) is 0 Å². The van der Waals surface area contributed by atoms with Gasteiger partial charge in [0.05, 0.1) is 11.3 Å².